The zero-order chi connectivity index (χ0) is 14.5. The van der Waals surface area contributed by atoms with E-state index < -0.39 is 11.9 Å². The first kappa shape index (κ1) is 14.9. The summed E-state index contributed by atoms with van der Waals surface area (Å²) in [7, 11) is 0. The normalized spacial score (nSPS) is 17.8. The van der Waals surface area contributed by atoms with E-state index in [4.69, 9.17) is 0 Å². The molecule has 1 aromatic rings. The Morgan fingerprint density at radius 3 is 2.70 bits per heavy atom. The van der Waals surface area contributed by atoms with Crippen molar-refractivity contribution in [3.05, 3.63) is 5.82 Å². The molecule has 1 aliphatic rings. The predicted octanol–water partition coefficient (Wildman–Crippen LogP) is 2.15. The topological polar surface area (TPSA) is 80.9 Å². The van der Waals surface area contributed by atoms with E-state index in [0.717, 1.165) is 12.2 Å². The average molecular weight is 280 g/mol. The predicted molar refractivity (Wildman–Crippen MR) is 74.1 cm³/mol. The van der Waals surface area contributed by atoms with Gasteiger partial charge in [-0.05, 0) is 28.7 Å². The van der Waals surface area contributed by atoms with Crippen LogP contribution in [0.5, 0.6) is 0 Å². The molecule has 0 aliphatic heterocycles. The number of aromatic nitrogens is 4. The van der Waals surface area contributed by atoms with Gasteiger partial charge in [-0.25, -0.2) is 4.68 Å². The Morgan fingerprint density at radius 2 is 2.10 bits per heavy atom. The number of nitrogens with zero attached hydrogens (tertiary/aromatic N) is 4. The molecule has 0 amide bonds. The number of aliphatic carboxylic acids is 1. The Hall–Kier alpha value is -1.46. The molecular weight excluding hydrogens is 256 g/mol. The molecule has 1 atom stereocenters. The quantitative estimate of drug-likeness (QED) is 0.827. The third kappa shape index (κ3) is 4.02. The van der Waals surface area contributed by atoms with Crippen LogP contribution in [0.25, 0.3) is 0 Å². The van der Waals surface area contributed by atoms with E-state index in [1.165, 1.54) is 25.7 Å². The van der Waals surface area contributed by atoms with Gasteiger partial charge < -0.3 is 5.11 Å². The van der Waals surface area contributed by atoms with Gasteiger partial charge >= 0.3 is 5.97 Å². The largest absolute Gasteiger partial charge is 0.481 e. The summed E-state index contributed by atoms with van der Waals surface area (Å²) in [4.78, 5) is 11.3. The van der Waals surface area contributed by atoms with Crippen LogP contribution in [0.1, 0.15) is 51.8 Å². The zero-order valence-electron chi connectivity index (χ0n) is 12.3. The number of carbonyl (C=O) groups is 1. The molecule has 1 aromatic heterocycles. The maximum atomic E-state index is 11.3. The Balaban J connectivity index is 2.00. The smallest absolute Gasteiger partial charge is 0.308 e. The van der Waals surface area contributed by atoms with Crippen LogP contribution >= 0.6 is 0 Å². The number of carboxylic acid groups (broad SMARTS) is 1. The lowest BCUT2D eigenvalue weighted by atomic mass is 9.97. The van der Waals surface area contributed by atoms with Crippen LogP contribution in [0.15, 0.2) is 0 Å². The van der Waals surface area contributed by atoms with Crippen molar-refractivity contribution in [2.24, 2.45) is 17.8 Å². The minimum Gasteiger partial charge on any atom is -0.481 e. The minimum atomic E-state index is -0.763. The molecule has 1 aliphatic carbocycles. The first-order valence-corrected chi connectivity index (χ1v) is 7.54. The molecule has 112 valence electrons. The summed E-state index contributed by atoms with van der Waals surface area (Å²) in [6, 6.07) is 0. The molecule has 6 heteroatoms. The summed E-state index contributed by atoms with van der Waals surface area (Å²) in [6.45, 7) is 4.45. The summed E-state index contributed by atoms with van der Waals surface area (Å²) in [5, 5.41) is 21.1. The van der Waals surface area contributed by atoms with Gasteiger partial charge in [-0.1, -0.05) is 39.5 Å². The standard InChI is InChI=1S/C14H24N4O2/c1-10(2)7-12(14(19)20)9-18-13(15-16-17-18)8-11-5-3-4-6-11/h10-12H,3-9H2,1-2H3,(H,19,20). The Labute approximate surface area is 119 Å². The second kappa shape index (κ2) is 6.81. The van der Waals surface area contributed by atoms with Crippen LogP contribution in [0.2, 0.25) is 0 Å². The van der Waals surface area contributed by atoms with Crippen molar-refractivity contribution < 1.29 is 9.90 Å². The van der Waals surface area contributed by atoms with E-state index in [-0.39, 0.29) is 0 Å². The van der Waals surface area contributed by atoms with Gasteiger partial charge in [0.1, 0.15) is 0 Å². The second-order valence-corrected chi connectivity index (χ2v) is 6.30. The molecule has 0 bridgehead atoms. The molecule has 1 N–H and O–H groups in total. The highest BCUT2D eigenvalue weighted by molar-refractivity contribution is 5.69. The van der Waals surface area contributed by atoms with Crippen molar-refractivity contribution in [1.29, 1.82) is 0 Å². The summed E-state index contributed by atoms with van der Waals surface area (Å²) in [5.41, 5.74) is 0. The number of carboxylic acids is 1. The monoisotopic (exact) mass is 280 g/mol. The van der Waals surface area contributed by atoms with Crippen LogP contribution in [-0.2, 0) is 17.8 Å². The number of tetrazole rings is 1. The summed E-state index contributed by atoms with van der Waals surface area (Å²) < 4.78 is 1.69. The third-order valence-corrected chi connectivity index (χ3v) is 4.05. The molecule has 1 heterocycles. The summed E-state index contributed by atoms with van der Waals surface area (Å²) in [6.07, 6.45) is 6.58. The van der Waals surface area contributed by atoms with E-state index >= 15 is 0 Å². The van der Waals surface area contributed by atoms with Crippen LogP contribution in [0.4, 0.5) is 0 Å². The lowest BCUT2D eigenvalue weighted by molar-refractivity contribution is -0.142. The van der Waals surface area contributed by atoms with Crippen molar-refractivity contribution in [3.63, 3.8) is 0 Å². The van der Waals surface area contributed by atoms with Gasteiger partial charge in [0.25, 0.3) is 0 Å². The Morgan fingerprint density at radius 1 is 1.40 bits per heavy atom. The van der Waals surface area contributed by atoms with Gasteiger partial charge in [-0.3, -0.25) is 4.79 Å². The van der Waals surface area contributed by atoms with Crippen molar-refractivity contribution in [3.8, 4) is 0 Å². The number of rotatable bonds is 7. The van der Waals surface area contributed by atoms with Crippen molar-refractivity contribution >= 4 is 5.97 Å². The van der Waals surface area contributed by atoms with E-state index in [2.05, 4.69) is 15.5 Å². The minimum absolute atomic E-state index is 0.353. The van der Waals surface area contributed by atoms with Gasteiger partial charge in [-0.15, -0.1) is 5.10 Å². The first-order valence-electron chi connectivity index (χ1n) is 7.54. The molecule has 0 saturated heterocycles. The molecule has 1 saturated carbocycles. The second-order valence-electron chi connectivity index (χ2n) is 6.30. The van der Waals surface area contributed by atoms with E-state index in [9.17, 15) is 9.90 Å². The van der Waals surface area contributed by atoms with Crippen molar-refractivity contribution in [2.75, 3.05) is 0 Å². The molecule has 2 rings (SSSR count). The zero-order valence-corrected chi connectivity index (χ0v) is 12.3. The van der Waals surface area contributed by atoms with Gasteiger partial charge in [0, 0.05) is 6.42 Å². The highest BCUT2D eigenvalue weighted by Gasteiger charge is 2.23. The molecular formula is C14H24N4O2. The molecule has 1 unspecified atom stereocenters. The maximum Gasteiger partial charge on any atom is 0.308 e. The van der Waals surface area contributed by atoms with E-state index in [1.54, 1.807) is 4.68 Å². The van der Waals surface area contributed by atoms with E-state index in [1.807, 2.05) is 13.8 Å². The Kier molecular flexibility index (Phi) is 5.09. The van der Waals surface area contributed by atoms with Gasteiger partial charge in [0.2, 0.25) is 0 Å². The molecule has 20 heavy (non-hydrogen) atoms. The fourth-order valence-corrected chi connectivity index (χ4v) is 3.02. The van der Waals surface area contributed by atoms with E-state index in [0.29, 0.717) is 24.8 Å². The lowest BCUT2D eigenvalue weighted by Crippen LogP contribution is -2.24. The third-order valence-electron chi connectivity index (χ3n) is 4.05. The lowest BCUT2D eigenvalue weighted by Gasteiger charge is -2.16. The van der Waals surface area contributed by atoms with Gasteiger partial charge in [0.15, 0.2) is 5.82 Å². The highest BCUT2D eigenvalue weighted by Crippen LogP contribution is 2.27. The molecule has 0 radical (unpaired) electrons. The summed E-state index contributed by atoms with van der Waals surface area (Å²) in [5.74, 6) is 0.674. The maximum absolute atomic E-state index is 11.3. The molecule has 6 nitrogen and oxygen atoms in total. The molecule has 1 fully saturated rings. The van der Waals surface area contributed by atoms with Crippen LogP contribution in [0, 0.1) is 17.8 Å². The fraction of sp³-hybridized carbons (Fsp3) is 0.857. The summed E-state index contributed by atoms with van der Waals surface area (Å²) >= 11 is 0. The highest BCUT2D eigenvalue weighted by atomic mass is 16.4. The van der Waals surface area contributed by atoms with Crippen molar-refractivity contribution in [2.45, 2.75) is 58.9 Å². The van der Waals surface area contributed by atoms with Gasteiger partial charge in [0.05, 0.1) is 12.5 Å². The number of hydrogen-bond donors (Lipinski definition) is 1. The first-order chi connectivity index (χ1) is 9.56. The average Bonchev–Trinajstić information content (AvgIpc) is 3.01. The molecule has 0 spiro atoms. The van der Waals surface area contributed by atoms with Crippen LogP contribution in [-0.4, -0.2) is 31.3 Å². The fourth-order valence-electron chi connectivity index (χ4n) is 3.02. The Bertz CT molecular complexity index is 438. The van der Waals surface area contributed by atoms with Crippen LogP contribution in [0.3, 0.4) is 0 Å². The van der Waals surface area contributed by atoms with Crippen molar-refractivity contribution in [1.82, 2.24) is 20.2 Å². The van der Waals surface area contributed by atoms with Crippen LogP contribution < -0.4 is 0 Å². The van der Waals surface area contributed by atoms with Gasteiger partial charge in [-0.2, -0.15) is 0 Å². The SMILES string of the molecule is CC(C)CC(Cn1nnnc1CC1CCCC1)C(=O)O. The molecule has 0 aromatic carbocycles. The number of hydrogen-bond acceptors (Lipinski definition) is 4.